The lowest BCUT2D eigenvalue weighted by molar-refractivity contribution is -0.163. The molecule has 0 aromatic heterocycles. The first-order valence-electron chi connectivity index (χ1n) is 9.35. The summed E-state index contributed by atoms with van der Waals surface area (Å²) in [7, 11) is 0. The molecule has 2 aliphatic rings. The van der Waals surface area contributed by atoms with Gasteiger partial charge in [0.05, 0.1) is 19.3 Å². The maximum absolute atomic E-state index is 12.7. The summed E-state index contributed by atoms with van der Waals surface area (Å²) < 4.78 is 43.9. The Labute approximate surface area is 152 Å². The first kappa shape index (κ1) is 19.2. The second-order valence-corrected chi connectivity index (χ2v) is 7.73. The largest absolute Gasteiger partial charge is 0.397 e. The van der Waals surface area contributed by atoms with Gasteiger partial charge in [0, 0.05) is 6.54 Å². The number of hydrogen-bond donors (Lipinski definition) is 0. The van der Waals surface area contributed by atoms with Gasteiger partial charge in [-0.25, -0.2) is 0 Å². The van der Waals surface area contributed by atoms with E-state index >= 15 is 0 Å². The summed E-state index contributed by atoms with van der Waals surface area (Å²) in [5, 5.41) is 0. The predicted octanol–water partition coefficient (Wildman–Crippen LogP) is 4.71. The predicted molar refractivity (Wildman–Crippen MR) is 92.4 cm³/mol. The van der Waals surface area contributed by atoms with E-state index in [9.17, 15) is 18.0 Å². The molecule has 0 radical (unpaired) electrons. The molecule has 1 spiro atoms. The van der Waals surface area contributed by atoms with Crippen LogP contribution in [0.5, 0.6) is 0 Å². The average Bonchev–Trinajstić information content (AvgIpc) is 2.93. The van der Waals surface area contributed by atoms with Gasteiger partial charge in [-0.05, 0) is 30.2 Å². The number of ether oxygens (including phenoxy) is 1. The quantitative estimate of drug-likeness (QED) is 0.752. The molecule has 1 atom stereocenters. The average molecular weight is 369 g/mol. The van der Waals surface area contributed by atoms with Crippen molar-refractivity contribution in [2.45, 2.75) is 63.8 Å². The Morgan fingerprint density at radius 3 is 2.50 bits per heavy atom. The summed E-state index contributed by atoms with van der Waals surface area (Å²) >= 11 is 0. The van der Waals surface area contributed by atoms with Crippen molar-refractivity contribution in [1.82, 2.24) is 4.90 Å². The third-order valence-corrected chi connectivity index (χ3v) is 5.62. The zero-order valence-corrected chi connectivity index (χ0v) is 14.9. The van der Waals surface area contributed by atoms with Gasteiger partial charge < -0.3 is 9.64 Å². The van der Waals surface area contributed by atoms with Crippen LogP contribution < -0.4 is 0 Å². The van der Waals surface area contributed by atoms with Gasteiger partial charge in [-0.3, -0.25) is 4.79 Å². The lowest BCUT2D eigenvalue weighted by atomic mass is 9.73. The lowest BCUT2D eigenvalue weighted by Gasteiger charge is -2.33. The molecule has 1 heterocycles. The Hall–Kier alpha value is -1.56. The van der Waals surface area contributed by atoms with Gasteiger partial charge in [0.1, 0.15) is 6.42 Å². The number of carbonyl (C=O) groups is 1. The molecular weight excluding hydrogens is 343 g/mol. The Morgan fingerprint density at radius 2 is 1.85 bits per heavy atom. The second-order valence-electron chi connectivity index (χ2n) is 7.73. The van der Waals surface area contributed by atoms with Crippen molar-refractivity contribution in [2.75, 3.05) is 13.2 Å². The van der Waals surface area contributed by atoms with Gasteiger partial charge in [-0.15, -0.1) is 0 Å². The summed E-state index contributed by atoms with van der Waals surface area (Å²) in [4.78, 5) is 13.7. The van der Waals surface area contributed by atoms with Crippen LogP contribution in [0.15, 0.2) is 30.3 Å². The van der Waals surface area contributed by atoms with Gasteiger partial charge in [0.2, 0.25) is 5.91 Å². The van der Waals surface area contributed by atoms with Crippen molar-refractivity contribution in [3.05, 3.63) is 35.9 Å². The zero-order chi connectivity index (χ0) is 18.6. The summed E-state index contributed by atoms with van der Waals surface area (Å²) in [6.07, 6.45) is 0.277. The molecule has 1 aliphatic carbocycles. The number of halogens is 3. The third-order valence-electron chi connectivity index (χ3n) is 5.62. The fourth-order valence-electron chi connectivity index (χ4n) is 4.43. The van der Waals surface area contributed by atoms with Crippen LogP contribution in [0.1, 0.15) is 50.5 Å². The highest BCUT2D eigenvalue weighted by Crippen LogP contribution is 2.46. The molecule has 1 aromatic rings. The third kappa shape index (κ3) is 5.00. The van der Waals surface area contributed by atoms with E-state index in [1.807, 2.05) is 30.3 Å². The number of carbonyl (C=O) groups excluding carboxylic acids is 1. The van der Waals surface area contributed by atoms with E-state index in [4.69, 9.17) is 4.74 Å². The minimum atomic E-state index is -4.46. The molecule has 144 valence electrons. The van der Waals surface area contributed by atoms with Crippen LogP contribution >= 0.6 is 0 Å². The first-order chi connectivity index (χ1) is 12.4. The van der Waals surface area contributed by atoms with Crippen molar-refractivity contribution >= 4 is 5.91 Å². The minimum absolute atomic E-state index is 0.0136. The van der Waals surface area contributed by atoms with Gasteiger partial charge >= 0.3 is 6.18 Å². The lowest BCUT2D eigenvalue weighted by Crippen LogP contribution is -2.41. The van der Waals surface area contributed by atoms with Gasteiger partial charge in [0.15, 0.2) is 0 Å². The summed E-state index contributed by atoms with van der Waals surface area (Å²) in [5.74, 6) is -0.812. The molecule has 6 heteroatoms. The number of hydrogen-bond acceptors (Lipinski definition) is 2. The maximum Gasteiger partial charge on any atom is 0.397 e. The molecule has 0 N–H and O–H groups in total. The number of alkyl halides is 3. The topological polar surface area (TPSA) is 29.5 Å². The van der Waals surface area contributed by atoms with Crippen molar-refractivity contribution < 1.29 is 22.7 Å². The van der Waals surface area contributed by atoms with E-state index in [0.717, 1.165) is 37.7 Å². The summed E-state index contributed by atoms with van der Waals surface area (Å²) in [6, 6.07) is 9.40. The number of nitrogens with zero attached hydrogens (tertiary/aromatic N) is 1. The SMILES string of the molecule is O=C(CC(F)(F)F)N1CC2(CCCCC2)CC1COCc1ccccc1. The van der Waals surface area contributed by atoms with Crippen LogP contribution in [0.25, 0.3) is 0 Å². The minimum Gasteiger partial charge on any atom is -0.375 e. The van der Waals surface area contributed by atoms with E-state index in [2.05, 4.69) is 0 Å². The molecule has 0 bridgehead atoms. The maximum atomic E-state index is 12.7. The molecule has 3 nitrogen and oxygen atoms in total. The molecule has 1 saturated heterocycles. The molecular formula is C20H26F3NO2. The molecule has 26 heavy (non-hydrogen) atoms. The van der Waals surface area contributed by atoms with E-state index < -0.39 is 18.5 Å². The van der Waals surface area contributed by atoms with Crippen molar-refractivity contribution in [3.63, 3.8) is 0 Å². The number of likely N-dealkylation sites (tertiary alicyclic amines) is 1. The van der Waals surface area contributed by atoms with E-state index in [1.54, 1.807) is 0 Å². The molecule has 2 fully saturated rings. The molecule has 3 rings (SSSR count). The molecule has 1 aromatic carbocycles. The zero-order valence-electron chi connectivity index (χ0n) is 14.9. The molecule has 1 amide bonds. The molecule has 1 aliphatic heterocycles. The fourth-order valence-corrected chi connectivity index (χ4v) is 4.43. The molecule has 1 saturated carbocycles. The number of benzene rings is 1. The Balaban J connectivity index is 1.64. The van der Waals surface area contributed by atoms with Crippen LogP contribution in [-0.2, 0) is 16.1 Å². The highest BCUT2D eigenvalue weighted by molar-refractivity contribution is 5.77. The van der Waals surface area contributed by atoms with Gasteiger partial charge in [-0.2, -0.15) is 13.2 Å². The Morgan fingerprint density at radius 1 is 1.15 bits per heavy atom. The van der Waals surface area contributed by atoms with E-state index in [0.29, 0.717) is 19.8 Å². The van der Waals surface area contributed by atoms with Crippen LogP contribution in [0, 0.1) is 5.41 Å². The molecule has 1 unspecified atom stereocenters. The Kier molecular flexibility index (Phi) is 5.90. The highest BCUT2D eigenvalue weighted by atomic mass is 19.4. The standard InChI is InChI=1S/C20H26F3NO2/c21-20(22,23)12-18(25)24-15-19(9-5-2-6-10-19)11-17(24)14-26-13-16-7-3-1-4-8-16/h1,3-4,7-8,17H,2,5-6,9-15H2. The monoisotopic (exact) mass is 369 g/mol. The summed E-state index contributed by atoms with van der Waals surface area (Å²) in [5.41, 5.74) is 1.01. The van der Waals surface area contributed by atoms with Crippen molar-refractivity contribution in [1.29, 1.82) is 0 Å². The second kappa shape index (κ2) is 7.99. The van der Waals surface area contributed by atoms with Gasteiger partial charge in [-0.1, -0.05) is 49.6 Å². The van der Waals surface area contributed by atoms with E-state index in [1.165, 1.54) is 11.3 Å². The van der Waals surface area contributed by atoms with Crippen LogP contribution in [0.2, 0.25) is 0 Å². The van der Waals surface area contributed by atoms with Crippen molar-refractivity contribution in [3.8, 4) is 0 Å². The van der Waals surface area contributed by atoms with Crippen LogP contribution in [0.4, 0.5) is 13.2 Å². The number of rotatable bonds is 5. The smallest absolute Gasteiger partial charge is 0.375 e. The summed E-state index contributed by atoms with van der Waals surface area (Å²) in [6.45, 7) is 1.15. The highest BCUT2D eigenvalue weighted by Gasteiger charge is 2.47. The van der Waals surface area contributed by atoms with Crippen LogP contribution in [0.3, 0.4) is 0 Å². The van der Waals surface area contributed by atoms with Crippen molar-refractivity contribution in [2.24, 2.45) is 5.41 Å². The van der Waals surface area contributed by atoms with E-state index in [-0.39, 0.29) is 11.5 Å². The number of amides is 1. The Bertz CT molecular complexity index is 597. The normalized spacial score (nSPS) is 22.7. The first-order valence-corrected chi connectivity index (χ1v) is 9.35. The fraction of sp³-hybridized carbons (Fsp3) is 0.650. The van der Waals surface area contributed by atoms with Crippen LogP contribution in [-0.4, -0.2) is 36.2 Å². The van der Waals surface area contributed by atoms with Gasteiger partial charge in [0.25, 0.3) is 0 Å².